The second-order valence-electron chi connectivity index (χ2n) is 7.24. The van der Waals surface area contributed by atoms with Gasteiger partial charge in [0.05, 0.1) is 5.56 Å². The lowest BCUT2D eigenvalue weighted by Crippen LogP contribution is -2.35. The lowest BCUT2D eigenvalue weighted by molar-refractivity contribution is -0.126. The number of rotatable bonds is 4. The first-order chi connectivity index (χ1) is 14.1. The average molecular weight is 414 g/mol. The molecule has 2 aromatic rings. The van der Waals surface area contributed by atoms with Crippen LogP contribution in [0.4, 0.5) is 0 Å². The lowest BCUT2D eigenvalue weighted by atomic mass is 9.98. The highest BCUT2D eigenvalue weighted by atomic mass is 32.1. The summed E-state index contributed by atoms with van der Waals surface area (Å²) in [7, 11) is 0. The van der Waals surface area contributed by atoms with E-state index in [1.807, 2.05) is 41.1 Å². The van der Waals surface area contributed by atoms with Gasteiger partial charge in [-0.25, -0.2) is 0 Å². The molecular formula is C22H27N3O3S. The number of carbonyl (C=O) groups is 3. The fraction of sp³-hybridized carbons (Fsp3) is 0.409. The van der Waals surface area contributed by atoms with Crippen LogP contribution in [0.2, 0.25) is 0 Å². The molecule has 3 amide bonds. The molecule has 1 atom stereocenters. The average Bonchev–Trinajstić information content (AvgIpc) is 3.26. The van der Waals surface area contributed by atoms with Crippen molar-refractivity contribution in [2.24, 2.45) is 5.92 Å². The number of nitrogens with zero attached hydrogens (tertiary/aromatic N) is 1. The zero-order chi connectivity index (χ0) is 20.5. The topological polar surface area (TPSA) is 78.5 Å². The standard InChI is InChI=1S/C22H27N3O3S/c26-20-9-13-25(22(28)19-10-14-29-16-19)12-4-7-18(8-11-23-20)21(27)24-15-17-5-2-1-3-6-17/h1-3,5-6,10,14,16,18H,4,7-9,11-13,15H2,(H,23,26)(H,24,27). The van der Waals surface area contributed by atoms with E-state index in [4.69, 9.17) is 0 Å². The number of nitrogens with one attached hydrogen (secondary N) is 2. The molecule has 0 bridgehead atoms. The van der Waals surface area contributed by atoms with Crippen LogP contribution in [0.5, 0.6) is 0 Å². The molecule has 0 spiro atoms. The summed E-state index contributed by atoms with van der Waals surface area (Å²) in [5.41, 5.74) is 1.71. The maximum atomic E-state index is 12.7. The van der Waals surface area contributed by atoms with Crippen LogP contribution >= 0.6 is 11.3 Å². The number of benzene rings is 1. The van der Waals surface area contributed by atoms with Crippen molar-refractivity contribution in [2.75, 3.05) is 19.6 Å². The van der Waals surface area contributed by atoms with E-state index in [0.717, 1.165) is 12.0 Å². The summed E-state index contributed by atoms with van der Waals surface area (Å²) in [4.78, 5) is 39.2. The number of hydrogen-bond donors (Lipinski definition) is 2. The molecular weight excluding hydrogens is 386 g/mol. The van der Waals surface area contributed by atoms with Gasteiger partial charge >= 0.3 is 0 Å². The molecule has 2 heterocycles. The van der Waals surface area contributed by atoms with Gasteiger partial charge in [-0.05, 0) is 36.3 Å². The molecule has 1 aromatic heterocycles. The third-order valence-electron chi connectivity index (χ3n) is 5.14. The maximum Gasteiger partial charge on any atom is 0.254 e. The Morgan fingerprint density at radius 1 is 1.14 bits per heavy atom. The zero-order valence-electron chi connectivity index (χ0n) is 16.4. The summed E-state index contributed by atoms with van der Waals surface area (Å²) in [5.74, 6) is -0.324. The highest BCUT2D eigenvalue weighted by Gasteiger charge is 2.22. The third kappa shape index (κ3) is 6.42. The Hall–Kier alpha value is -2.67. The van der Waals surface area contributed by atoms with Crippen molar-refractivity contribution in [3.05, 3.63) is 58.3 Å². The van der Waals surface area contributed by atoms with E-state index in [9.17, 15) is 14.4 Å². The van der Waals surface area contributed by atoms with Crippen molar-refractivity contribution >= 4 is 29.1 Å². The first-order valence-corrected chi connectivity index (χ1v) is 11.0. The van der Waals surface area contributed by atoms with Crippen molar-refractivity contribution in [1.29, 1.82) is 0 Å². The van der Waals surface area contributed by atoms with Gasteiger partial charge in [0.25, 0.3) is 5.91 Å². The minimum absolute atomic E-state index is 0.00180. The predicted molar refractivity (Wildman–Crippen MR) is 113 cm³/mol. The molecule has 6 nitrogen and oxygen atoms in total. The number of amides is 3. The molecule has 29 heavy (non-hydrogen) atoms. The van der Waals surface area contributed by atoms with Crippen molar-refractivity contribution in [1.82, 2.24) is 15.5 Å². The van der Waals surface area contributed by atoms with E-state index in [-0.39, 0.29) is 30.1 Å². The second kappa shape index (κ2) is 10.8. The maximum absolute atomic E-state index is 12.7. The number of hydrogen-bond acceptors (Lipinski definition) is 4. The predicted octanol–water partition coefficient (Wildman–Crippen LogP) is 2.81. The summed E-state index contributed by atoms with van der Waals surface area (Å²) >= 11 is 1.48. The fourth-order valence-electron chi connectivity index (χ4n) is 3.46. The molecule has 1 unspecified atom stereocenters. The smallest absolute Gasteiger partial charge is 0.254 e. The minimum atomic E-state index is -0.185. The van der Waals surface area contributed by atoms with E-state index in [1.54, 1.807) is 11.0 Å². The molecule has 1 fully saturated rings. The van der Waals surface area contributed by atoms with Crippen LogP contribution in [0, 0.1) is 5.92 Å². The van der Waals surface area contributed by atoms with Gasteiger partial charge in [-0.3, -0.25) is 14.4 Å². The molecule has 1 aromatic carbocycles. The Balaban J connectivity index is 1.59. The summed E-state index contributed by atoms with van der Waals surface area (Å²) in [6, 6.07) is 11.6. The van der Waals surface area contributed by atoms with E-state index in [0.29, 0.717) is 44.6 Å². The van der Waals surface area contributed by atoms with Crippen molar-refractivity contribution in [3.8, 4) is 0 Å². The van der Waals surface area contributed by atoms with E-state index in [2.05, 4.69) is 10.6 Å². The first kappa shape index (κ1) is 21.0. The Kier molecular flexibility index (Phi) is 7.81. The number of thiophene rings is 1. The van der Waals surface area contributed by atoms with Crippen LogP contribution < -0.4 is 10.6 Å². The van der Waals surface area contributed by atoms with E-state index >= 15 is 0 Å². The molecule has 1 aliphatic rings. The van der Waals surface area contributed by atoms with Gasteiger partial charge in [0.2, 0.25) is 11.8 Å². The van der Waals surface area contributed by atoms with Gasteiger partial charge in [0.15, 0.2) is 0 Å². The molecule has 2 N–H and O–H groups in total. The van der Waals surface area contributed by atoms with Crippen LogP contribution in [0.25, 0.3) is 0 Å². The SMILES string of the molecule is O=C1CCN(C(=O)c2ccsc2)CCCC(C(=O)NCc2ccccc2)CCN1. The molecule has 7 heteroatoms. The Bertz CT molecular complexity index is 808. The monoisotopic (exact) mass is 413 g/mol. The fourth-order valence-corrected chi connectivity index (χ4v) is 4.09. The van der Waals surface area contributed by atoms with Gasteiger partial charge in [-0.1, -0.05) is 30.3 Å². The first-order valence-electron chi connectivity index (χ1n) is 10.0. The van der Waals surface area contributed by atoms with Gasteiger partial charge in [0.1, 0.15) is 0 Å². The van der Waals surface area contributed by atoms with Gasteiger partial charge < -0.3 is 15.5 Å². The highest BCUT2D eigenvalue weighted by molar-refractivity contribution is 7.08. The Labute approximate surface area is 175 Å². The zero-order valence-corrected chi connectivity index (χ0v) is 17.2. The largest absolute Gasteiger partial charge is 0.356 e. The van der Waals surface area contributed by atoms with Crippen LogP contribution in [0.1, 0.15) is 41.6 Å². The molecule has 0 radical (unpaired) electrons. The quantitative estimate of drug-likeness (QED) is 0.809. The van der Waals surface area contributed by atoms with Crippen LogP contribution in [-0.2, 0) is 16.1 Å². The van der Waals surface area contributed by atoms with Crippen molar-refractivity contribution < 1.29 is 14.4 Å². The summed E-state index contributed by atoms with van der Waals surface area (Å²) in [6.07, 6.45) is 2.29. The summed E-state index contributed by atoms with van der Waals surface area (Å²) in [5, 5.41) is 9.58. The molecule has 0 saturated carbocycles. The van der Waals surface area contributed by atoms with E-state index < -0.39 is 0 Å². The molecule has 1 aliphatic heterocycles. The molecule has 154 valence electrons. The van der Waals surface area contributed by atoms with Gasteiger partial charge in [0, 0.05) is 43.9 Å². The molecule has 0 aliphatic carbocycles. The second-order valence-corrected chi connectivity index (χ2v) is 8.02. The van der Waals surface area contributed by atoms with E-state index in [1.165, 1.54) is 11.3 Å². The highest BCUT2D eigenvalue weighted by Crippen LogP contribution is 2.16. The number of carbonyl (C=O) groups excluding carboxylic acids is 3. The normalized spacial score (nSPS) is 18.4. The summed E-state index contributed by atoms with van der Waals surface area (Å²) in [6.45, 7) is 1.90. The Morgan fingerprint density at radius 3 is 2.72 bits per heavy atom. The van der Waals surface area contributed by atoms with Gasteiger partial charge in [-0.2, -0.15) is 11.3 Å². The minimum Gasteiger partial charge on any atom is -0.356 e. The summed E-state index contributed by atoms with van der Waals surface area (Å²) < 4.78 is 0. The van der Waals surface area contributed by atoms with Crippen molar-refractivity contribution in [3.63, 3.8) is 0 Å². The van der Waals surface area contributed by atoms with Crippen LogP contribution in [-0.4, -0.2) is 42.3 Å². The molecule has 3 rings (SSSR count). The lowest BCUT2D eigenvalue weighted by Gasteiger charge is -2.22. The van der Waals surface area contributed by atoms with Gasteiger partial charge in [-0.15, -0.1) is 0 Å². The Morgan fingerprint density at radius 2 is 1.97 bits per heavy atom. The van der Waals surface area contributed by atoms with Crippen molar-refractivity contribution in [2.45, 2.75) is 32.2 Å². The molecule has 1 saturated heterocycles. The van der Waals surface area contributed by atoms with Crippen LogP contribution in [0.3, 0.4) is 0 Å². The third-order valence-corrected chi connectivity index (χ3v) is 5.82. The van der Waals surface area contributed by atoms with Crippen LogP contribution in [0.15, 0.2) is 47.2 Å².